The molecule has 0 N–H and O–H groups in total. The van der Waals surface area contributed by atoms with E-state index < -0.39 is 0 Å². The van der Waals surface area contributed by atoms with Crippen LogP contribution in [0.2, 0.25) is 0 Å². The molecule has 0 heterocycles. The van der Waals surface area contributed by atoms with Crippen LogP contribution in [0.5, 0.6) is 0 Å². The lowest BCUT2D eigenvalue weighted by atomic mass is 9.64. The first-order chi connectivity index (χ1) is 6.12. The molecule has 13 heavy (non-hydrogen) atoms. The molecule has 0 aromatic heterocycles. The Morgan fingerprint density at radius 3 is 2.69 bits per heavy atom. The van der Waals surface area contributed by atoms with E-state index in [2.05, 4.69) is 32.9 Å². The Hall–Kier alpha value is -0.520. The van der Waals surface area contributed by atoms with Gasteiger partial charge in [0.05, 0.1) is 0 Å². The van der Waals surface area contributed by atoms with Gasteiger partial charge in [-0.3, -0.25) is 0 Å². The summed E-state index contributed by atoms with van der Waals surface area (Å²) >= 11 is 0. The highest BCUT2D eigenvalue weighted by Gasteiger charge is 2.35. The maximum Gasteiger partial charge on any atom is -0.0113 e. The third kappa shape index (κ3) is 1.37. The summed E-state index contributed by atoms with van der Waals surface area (Å²) in [6.45, 7) is 7.25. The molecule has 1 unspecified atom stereocenters. The highest BCUT2D eigenvalue weighted by molar-refractivity contribution is 5.31. The Morgan fingerprint density at radius 1 is 1.23 bits per heavy atom. The van der Waals surface area contributed by atoms with Crippen molar-refractivity contribution in [1.29, 1.82) is 0 Å². The number of hydrogen-bond acceptors (Lipinski definition) is 0. The topological polar surface area (TPSA) is 0 Å². The fourth-order valence-corrected chi connectivity index (χ4v) is 2.71. The molecule has 0 aliphatic heterocycles. The van der Waals surface area contributed by atoms with Crippen LogP contribution in [0.3, 0.4) is 0 Å². The van der Waals surface area contributed by atoms with Gasteiger partial charge in [-0.1, -0.05) is 44.1 Å². The fourth-order valence-electron chi connectivity index (χ4n) is 2.71. The van der Waals surface area contributed by atoms with Crippen LogP contribution >= 0.6 is 0 Å². The molecule has 0 spiro atoms. The van der Waals surface area contributed by atoms with Gasteiger partial charge in [0.2, 0.25) is 0 Å². The molecule has 0 bridgehead atoms. The largest absolute Gasteiger partial charge is 0.0841 e. The van der Waals surface area contributed by atoms with Crippen LogP contribution in [-0.4, -0.2) is 0 Å². The minimum Gasteiger partial charge on any atom is -0.0841 e. The summed E-state index contributed by atoms with van der Waals surface area (Å²) in [6, 6.07) is 0. The molecule has 0 saturated heterocycles. The van der Waals surface area contributed by atoms with Gasteiger partial charge in [0.15, 0.2) is 0 Å². The third-order valence-corrected chi connectivity index (χ3v) is 4.17. The summed E-state index contributed by atoms with van der Waals surface area (Å²) in [6.07, 6.45) is 9.87. The lowest BCUT2D eigenvalue weighted by Gasteiger charge is -2.41. The quantitative estimate of drug-likeness (QED) is 0.488. The molecule has 2 aliphatic carbocycles. The zero-order chi connectivity index (χ0) is 9.47. The van der Waals surface area contributed by atoms with Crippen LogP contribution in [0.1, 0.15) is 46.5 Å². The first-order valence-corrected chi connectivity index (χ1v) is 5.48. The first-order valence-electron chi connectivity index (χ1n) is 5.48. The Morgan fingerprint density at radius 2 is 1.92 bits per heavy atom. The van der Waals surface area contributed by atoms with Crippen LogP contribution in [0.4, 0.5) is 0 Å². The molecule has 0 saturated carbocycles. The Balaban J connectivity index is 2.35. The molecule has 0 aromatic carbocycles. The number of hydrogen-bond donors (Lipinski definition) is 0. The second kappa shape index (κ2) is 3.01. The summed E-state index contributed by atoms with van der Waals surface area (Å²) in [7, 11) is 0. The summed E-state index contributed by atoms with van der Waals surface area (Å²) < 4.78 is 0. The standard InChI is InChI=1S/C13H20/c1-10-8-9-11-6-4-5-7-12(11)13(10,2)3/h4-5,10H,6-9H2,1-3H3. The molecule has 0 heteroatoms. The second-order valence-corrected chi connectivity index (χ2v) is 5.12. The van der Waals surface area contributed by atoms with Crippen molar-refractivity contribution in [1.82, 2.24) is 0 Å². The summed E-state index contributed by atoms with van der Waals surface area (Å²) in [5, 5.41) is 0. The predicted octanol–water partition coefficient (Wildman–Crippen LogP) is 4.09. The summed E-state index contributed by atoms with van der Waals surface area (Å²) in [5.41, 5.74) is 3.94. The zero-order valence-corrected chi connectivity index (χ0v) is 9.06. The zero-order valence-electron chi connectivity index (χ0n) is 9.06. The van der Waals surface area contributed by atoms with Crippen molar-refractivity contribution in [3.8, 4) is 0 Å². The van der Waals surface area contributed by atoms with E-state index in [1.165, 1.54) is 25.7 Å². The Bertz CT molecular complexity index is 266. The van der Waals surface area contributed by atoms with Crippen molar-refractivity contribution in [2.45, 2.75) is 46.5 Å². The van der Waals surface area contributed by atoms with Gasteiger partial charge in [0.1, 0.15) is 0 Å². The average Bonchev–Trinajstić information content (AvgIpc) is 2.13. The van der Waals surface area contributed by atoms with Crippen molar-refractivity contribution in [3.63, 3.8) is 0 Å². The van der Waals surface area contributed by atoms with Crippen LogP contribution in [0.15, 0.2) is 23.3 Å². The molecule has 1 atom stereocenters. The highest BCUT2D eigenvalue weighted by Crippen LogP contribution is 2.47. The van der Waals surface area contributed by atoms with Gasteiger partial charge in [-0.15, -0.1) is 0 Å². The molecule has 2 aliphatic rings. The molecule has 2 rings (SSSR count). The van der Waals surface area contributed by atoms with E-state index in [0.29, 0.717) is 5.41 Å². The molecular weight excluding hydrogens is 156 g/mol. The Kier molecular flexibility index (Phi) is 2.09. The van der Waals surface area contributed by atoms with Gasteiger partial charge >= 0.3 is 0 Å². The highest BCUT2D eigenvalue weighted by atomic mass is 14.4. The lowest BCUT2D eigenvalue weighted by molar-refractivity contribution is 0.243. The van der Waals surface area contributed by atoms with E-state index >= 15 is 0 Å². The van der Waals surface area contributed by atoms with Crippen LogP contribution in [-0.2, 0) is 0 Å². The van der Waals surface area contributed by atoms with Crippen molar-refractivity contribution in [2.24, 2.45) is 11.3 Å². The Labute approximate surface area is 81.7 Å². The summed E-state index contributed by atoms with van der Waals surface area (Å²) in [5.74, 6) is 0.859. The smallest absolute Gasteiger partial charge is 0.0113 e. The van der Waals surface area contributed by atoms with Gasteiger partial charge < -0.3 is 0 Å². The predicted molar refractivity (Wildman–Crippen MR) is 57.6 cm³/mol. The summed E-state index contributed by atoms with van der Waals surface area (Å²) in [4.78, 5) is 0. The minimum absolute atomic E-state index is 0.457. The average molecular weight is 176 g/mol. The van der Waals surface area contributed by atoms with Crippen molar-refractivity contribution >= 4 is 0 Å². The molecule has 72 valence electrons. The maximum absolute atomic E-state index is 2.42. The SMILES string of the molecule is CC1CCC2=C(CC=CC2)C1(C)C. The van der Waals surface area contributed by atoms with E-state index in [0.717, 1.165) is 5.92 Å². The molecule has 0 aromatic rings. The van der Waals surface area contributed by atoms with Gasteiger partial charge in [0.25, 0.3) is 0 Å². The molecular formula is C13H20. The van der Waals surface area contributed by atoms with E-state index in [9.17, 15) is 0 Å². The number of rotatable bonds is 0. The van der Waals surface area contributed by atoms with Gasteiger partial charge in [-0.05, 0) is 37.0 Å². The maximum atomic E-state index is 2.42. The monoisotopic (exact) mass is 176 g/mol. The van der Waals surface area contributed by atoms with E-state index in [4.69, 9.17) is 0 Å². The van der Waals surface area contributed by atoms with Gasteiger partial charge in [-0.2, -0.15) is 0 Å². The third-order valence-electron chi connectivity index (χ3n) is 4.17. The van der Waals surface area contributed by atoms with Gasteiger partial charge in [-0.25, -0.2) is 0 Å². The van der Waals surface area contributed by atoms with E-state index in [1.807, 2.05) is 0 Å². The van der Waals surface area contributed by atoms with Crippen molar-refractivity contribution < 1.29 is 0 Å². The van der Waals surface area contributed by atoms with Crippen LogP contribution in [0, 0.1) is 11.3 Å². The number of allylic oxidation sites excluding steroid dienone is 4. The minimum atomic E-state index is 0.457. The molecule has 0 amide bonds. The van der Waals surface area contributed by atoms with E-state index in [1.54, 1.807) is 11.1 Å². The van der Waals surface area contributed by atoms with Gasteiger partial charge in [0, 0.05) is 0 Å². The molecule has 0 radical (unpaired) electrons. The lowest BCUT2D eigenvalue weighted by Crippen LogP contribution is -2.29. The van der Waals surface area contributed by atoms with Crippen LogP contribution < -0.4 is 0 Å². The first kappa shape index (κ1) is 9.05. The normalized spacial score (nSPS) is 31.8. The van der Waals surface area contributed by atoms with Crippen molar-refractivity contribution in [2.75, 3.05) is 0 Å². The molecule has 0 fully saturated rings. The van der Waals surface area contributed by atoms with E-state index in [-0.39, 0.29) is 0 Å². The fraction of sp³-hybridized carbons (Fsp3) is 0.692. The van der Waals surface area contributed by atoms with Crippen molar-refractivity contribution in [3.05, 3.63) is 23.3 Å². The molecule has 0 nitrogen and oxygen atoms in total. The van der Waals surface area contributed by atoms with Crippen LogP contribution in [0.25, 0.3) is 0 Å². The second-order valence-electron chi connectivity index (χ2n) is 5.12.